The second-order valence-corrected chi connectivity index (χ2v) is 4.01. The fraction of sp³-hybridized carbons (Fsp3) is 0. The first-order valence-electron chi connectivity index (χ1n) is 4.90. The number of hydrogen-bond donors (Lipinski definition) is 0. The van der Waals surface area contributed by atoms with Crippen molar-refractivity contribution in [1.82, 2.24) is 0 Å². The molecule has 16 heavy (non-hydrogen) atoms. The number of benzene rings is 2. The van der Waals surface area contributed by atoms with Crippen molar-refractivity contribution in [2.75, 3.05) is 4.90 Å². The number of anilines is 2. The molecule has 2 nitrogen and oxygen atoms in total. The zero-order valence-electron chi connectivity index (χ0n) is 8.54. The number of amides is 1. The number of rotatable bonds is 2. The minimum atomic E-state index is -0.114. The molecule has 0 unspecified atom stereocenters. The summed E-state index contributed by atoms with van der Waals surface area (Å²) in [6.07, 6.45) is 0. The summed E-state index contributed by atoms with van der Waals surface area (Å²) in [5, 5.41) is 0. The average molecular weight is 275 g/mol. The molecule has 2 rings (SSSR count). The maximum atomic E-state index is 11.6. The number of carbonyl (C=O) groups is 1. The Labute approximate surface area is 103 Å². The van der Waals surface area contributed by atoms with Gasteiger partial charge in [-0.15, -0.1) is 0 Å². The molecule has 0 aliphatic rings. The zero-order valence-corrected chi connectivity index (χ0v) is 10.3. The SMILES string of the molecule is O=C([Se])N(c1ccccc1)c1ccccc1. The number of nitrogens with zero attached hydrogens (tertiary/aromatic N) is 1. The van der Waals surface area contributed by atoms with Gasteiger partial charge >= 0.3 is 103 Å². The summed E-state index contributed by atoms with van der Waals surface area (Å²) in [5.41, 5.74) is 1.72. The molecule has 2 aromatic carbocycles. The predicted molar refractivity (Wildman–Crippen MR) is 66.2 cm³/mol. The number of hydrogen-bond acceptors (Lipinski definition) is 1. The third-order valence-corrected chi connectivity index (χ3v) is 2.59. The van der Waals surface area contributed by atoms with Gasteiger partial charge in [-0.1, -0.05) is 0 Å². The molecule has 3 heteroatoms. The molecule has 0 aliphatic carbocycles. The summed E-state index contributed by atoms with van der Waals surface area (Å²) < 4.78 is 0. The Hall–Kier alpha value is -1.57. The Morgan fingerprint density at radius 1 is 0.812 bits per heavy atom. The van der Waals surface area contributed by atoms with Crippen LogP contribution in [-0.2, 0) is 0 Å². The van der Waals surface area contributed by atoms with Crippen molar-refractivity contribution in [2.45, 2.75) is 0 Å². The summed E-state index contributed by atoms with van der Waals surface area (Å²) in [6.45, 7) is 0. The Bertz CT molecular complexity index is 430. The van der Waals surface area contributed by atoms with Gasteiger partial charge < -0.3 is 0 Å². The molecule has 0 fully saturated rings. The molecule has 0 atom stereocenters. The molecule has 2 aromatic rings. The van der Waals surface area contributed by atoms with E-state index in [4.69, 9.17) is 0 Å². The van der Waals surface area contributed by atoms with Crippen LogP contribution in [0.5, 0.6) is 0 Å². The van der Waals surface area contributed by atoms with Crippen molar-refractivity contribution in [2.24, 2.45) is 0 Å². The molecule has 0 spiro atoms. The van der Waals surface area contributed by atoms with Crippen LogP contribution in [0.25, 0.3) is 0 Å². The topological polar surface area (TPSA) is 20.3 Å². The van der Waals surface area contributed by atoms with Gasteiger partial charge in [0, 0.05) is 0 Å². The Morgan fingerprint density at radius 3 is 1.50 bits per heavy atom. The van der Waals surface area contributed by atoms with Gasteiger partial charge in [0.1, 0.15) is 0 Å². The van der Waals surface area contributed by atoms with Gasteiger partial charge in [-0.3, -0.25) is 0 Å². The van der Waals surface area contributed by atoms with Gasteiger partial charge in [-0.2, -0.15) is 0 Å². The summed E-state index contributed by atoms with van der Waals surface area (Å²) in [6, 6.07) is 19.1. The van der Waals surface area contributed by atoms with Gasteiger partial charge in [-0.05, 0) is 0 Å². The summed E-state index contributed by atoms with van der Waals surface area (Å²) in [4.78, 5) is 13.1. The Balaban J connectivity index is 2.44. The van der Waals surface area contributed by atoms with Gasteiger partial charge in [0.25, 0.3) is 0 Å². The van der Waals surface area contributed by atoms with Crippen LogP contribution in [-0.4, -0.2) is 20.8 Å². The number of para-hydroxylation sites is 2. The van der Waals surface area contributed by atoms with E-state index in [-0.39, 0.29) is 4.81 Å². The van der Waals surface area contributed by atoms with E-state index in [1.54, 1.807) is 4.90 Å². The Morgan fingerprint density at radius 2 is 1.19 bits per heavy atom. The molecule has 0 heterocycles. The molecule has 0 saturated heterocycles. The van der Waals surface area contributed by atoms with E-state index in [0.717, 1.165) is 11.4 Å². The molecular weight excluding hydrogens is 265 g/mol. The molecule has 79 valence electrons. The van der Waals surface area contributed by atoms with Crippen LogP contribution in [0, 0.1) is 0 Å². The standard InChI is InChI=1S/C13H10NOSe/c15-13(16)14(11-7-3-1-4-8-11)12-9-5-2-6-10-12/h1-10H. The van der Waals surface area contributed by atoms with E-state index in [9.17, 15) is 4.79 Å². The quantitative estimate of drug-likeness (QED) is 0.771. The molecule has 0 saturated carbocycles. The predicted octanol–water partition coefficient (Wildman–Crippen LogP) is 3.11. The summed E-state index contributed by atoms with van der Waals surface area (Å²) in [7, 11) is 0. The van der Waals surface area contributed by atoms with Gasteiger partial charge in [0.15, 0.2) is 0 Å². The molecule has 0 N–H and O–H groups in total. The third kappa shape index (κ3) is 2.32. The van der Waals surface area contributed by atoms with E-state index in [0.29, 0.717) is 0 Å². The summed E-state index contributed by atoms with van der Waals surface area (Å²) >= 11 is 2.52. The van der Waals surface area contributed by atoms with E-state index in [1.807, 2.05) is 60.7 Å². The van der Waals surface area contributed by atoms with Crippen LogP contribution >= 0.6 is 0 Å². The fourth-order valence-corrected chi connectivity index (χ4v) is 1.96. The minimum absolute atomic E-state index is 0.114. The van der Waals surface area contributed by atoms with Crippen molar-refractivity contribution in [1.29, 1.82) is 0 Å². The first-order chi connectivity index (χ1) is 7.79. The van der Waals surface area contributed by atoms with Crippen molar-refractivity contribution in [3.8, 4) is 0 Å². The van der Waals surface area contributed by atoms with Crippen LogP contribution in [0.15, 0.2) is 60.7 Å². The van der Waals surface area contributed by atoms with E-state index in [2.05, 4.69) is 16.0 Å². The Kier molecular flexibility index (Phi) is 3.40. The molecule has 1 amide bonds. The van der Waals surface area contributed by atoms with Gasteiger partial charge in [-0.25, -0.2) is 0 Å². The second kappa shape index (κ2) is 4.97. The first kappa shape index (κ1) is 10.9. The number of carbonyl (C=O) groups excluding carboxylic acids is 1. The average Bonchev–Trinajstić information content (AvgIpc) is 2.31. The van der Waals surface area contributed by atoms with Crippen molar-refractivity contribution >= 4 is 32.2 Å². The first-order valence-corrected chi connectivity index (χ1v) is 5.76. The van der Waals surface area contributed by atoms with Crippen LogP contribution in [0.4, 0.5) is 16.2 Å². The van der Waals surface area contributed by atoms with Gasteiger partial charge in [0.2, 0.25) is 0 Å². The van der Waals surface area contributed by atoms with Crippen LogP contribution in [0.1, 0.15) is 0 Å². The molecule has 0 aliphatic heterocycles. The van der Waals surface area contributed by atoms with Crippen LogP contribution < -0.4 is 4.90 Å². The van der Waals surface area contributed by atoms with Crippen molar-refractivity contribution in [3.05, 3.63) is 60.7 Å². The molecule has 0 aromatic heterocycles. The summed E-state index contributed by atoms with van der Waals surface area (Å²) in [5.74, 6) is 0. The van der Waals surface area contributed by atoms with Crippen LogP contribution in [0.3, 0.4) is 0 Å². The van der Waals surface area contributed by atoms with E-state index >= 15 is 0 Å². The van der Waals surface area contributed by atoms with Crippen LogP contribution in [0.2, 0.25) is 0 Å². The zero-order chi connectivity index (χ0) is 11.4. The van der Waals surface area contributed by atoms with Crippen molar-refractivity contribution < 1.29 is 4.79 Å². The fourth-order valence-electron chi connectivity index (χ4n) is 1.51. The molecule has 0 bridgehead atoms. The maximum absolute atomic E-state index is 11.6. The van der Waals surface area contributed by atoms with Crippen molar-refractivity contribution in [3.63, 3.8) is 0 Å². The molecule has 1 radical (unpaired) electrons. The molecular formula is C13H10NOSe. The third-order valence-electron chi connectivity index (χ3n) is 2.21. The second-order valence-electron chi connectivity index (χ2n) is 3.27. The monoisotopic (exact) mass is 276 g/mol. The van der Waals surface area contributed by atoms with E-state index in [1.165, 1.54) is 0 Å². The van der Waals surface area contributed by atoms with Gasteiger partial charge in [0.05, 0.1) is 0 Å². The van der Waals surface area contributed by atoms with E-state index < -0.39 is 0 Å². The normalized spacial score (nSPS) is 9.75.